The number of nitrogens with one attached hydrogen (secondary N) is 1. The molecule has 3 aromatic carbocycles. The highest BCUT2D eigenvalue weighted by molar-refractivity contribution is 5.94. The van der Waals surface area contributed by atoms with Crippen LogP contribution in [-0.4, -0.2) is 55.9 Å². The molecule has 0 radical (unpaired) electrons. The van der Waals surface area contributed by atoms with Crippen LogP contribution in [0.3, 0.4) is 0 Å². The fraction of sp³-hybridized carbons (Fsp3) is 0.280. The number of aryl methyl sites for hydroxylation is 1. The molecule has 162 valence electrons. The molecule has 0 saturated carbocycles. The Morgan fingerprint density at radius 1 is 0.903 bits per heavy atom. The van der Waals surface area contributed by atoms with Gasteiger partial charge in [0.1, 0.15) is 5.75 Å². The summed E-state index contributed by atoms with van der Waals surface area (Å²) in [6, 6.07) is 19.8. The SMILES string of the molecule is COc1ccc2cc(CN(C)CC(=O)N(C)CC(=O)Nc3ccc(C)cc3)ccc2c1. The Kier molecular flexibility index (Phi) is 7.26. The van der Waals surface area contributed by atoms with Gasteiger partial charge in [0.15, 0.2) is 0 Å². The van der Waals surface area contributed by atoms with Crippen molar-refractivity contribution in [2.24, 2.45) is 0 Å². The smallest absolute Gasteiger partial charge is 0.243 e. The van der Waals surface area contributed by atoms with E-state index in [0.29, 0.717) is 6.54 Å². The van der Waals surface area contributed by atoms with Crippen LogP contribution in [0.4, 0.5) is 5.69 Å². The molecule has 0 aromatic heterocycles. The molecule has 1 N–H and O–H groups in total. The minimum atomic E-state index is -0.215. The standard InChI is InChI=1S/C25H29N3O3/c1-18-5-10-22(11-6-18)26-24(29)16-28(3)25(30)17-27(2)15-19-7-8-21-14-23(31-4)12-9-20(21)13-19/h5-14H,15-17H2,1-4H3,(H,26,29). The molecule has 3 rings (SSSR count). The molecule has 6 heteroatoms. The second-order valence-electron chi connectivity index (χ2n) is 7.88. The van der Waals surface area contributed by atoms with Gasteiger partial charge in [0, 0.05) is 19.3 Å². The van der Waals surface area contributed by atoms with Crippen LogP contribution >= 0.6 is 0 Å². The largest absolute Gasteiger partial charge is 0.497 e. The fourth-order valence-corrected chi connectivity index (χ4v) is 3.36. The number of methoxy groups -OCH3 is 1. The number of benzene rings is 3. The van der Waals surface area contributed by atoms with Crippen LogP contribution in [-0.2, 0) is 16.1 Å². The zero-order chi connectivity index (χ0) is 22.4. The molecule has 0 atom stereocenters. The highest BCUT2D eigenvalue weighted by atomic mass is 16.5. The number of carbonyl (C=O) groups is 2. The molecule has 0 bridgehead atoms. The summed E-state index contributed by atoms with van der Waals surface area (Å²) in [6.45, 7) is 2.87. The fourth-order valence-electron chi connectivity index (χ4n) is 3.36. The predicted octanol–water partition coefficient (Wildman–Crippen LogP) is 3.69. The topological polar surface area (TPSA) is 61.9 Å². The number of rotatable bonds is 8. The summed E-state index contributed by atoms with van der Waals surface area (Å²) in [7, 11) is 5.20. The van der Waals surface area contributed by atoms with E-state index in [-0.39, 0.29) is 24.9 Å². The van der Waals surface area contributed by atoms with Crippen molar-refractivity contribution in [1.29, 1.82) is 0 Å². The van der Waals surface area contributed by atoms with Crippen LogP contribution < -0.4 is 10.1 Å². The summed E-state index contributed by atoms with van der Waals surface area (Å²) in [4.78, 5) is 28.2. The number of likely N-dealkylation sites (N-methyl/N-ethyl adjacent to an activating group) is 2. The number of fused-ring (bicyclic) bond motifs is 1. The molecule has 6 nitrogen and oxygen atoms in total. The Labute approximate surface area is 183 Å². The Balaban J connectivity index is 1.51. The quantitative estimate of drug-likeness (QED) is 0.605. The van der Waals surface area contributed by atoms with Gasteiger partial charge >= 0.3 is 0 Å². The first kappa shape index (κ1) is 22.3. The maximum atomic E-state index is 12.5. The van der Waals surface area contributed by atoms with Gasteiger partial charge in [-0.05, 0) is 60.6 Å². The Morgan fingerprint density at radius 3 is 2.29 bits per heavy atom. The molecule has 3 aromatic rings. The molecule has 31 heavy (non-hydrogen) atoms. The lowest BCUT2D eigenvalue weighted by atomic mass is 10.1. The second kappa shape index (κ2) is 10.1. The van der Waals surface area contributed by atoms with Crippen LogP contribution in [0.1, 0.15) is 11.1 Å². The Bertz CT molecular complexity index is 1060. The summed E-state index contributed by atoms with van der Waals surface area (Å²) in [5, 5.41) is 5.06. The molecule has 0 saturated heterocycles. The van der Waals surface area contributed by atoms with Crippen molar-refractivity contribution in [3.8, 4) is 5.75 Å². The van der Waals surface area contributed by atoms with Crippen molar-refractivity contribution in [1.82, 2.24) is 9.80 Å². The van der Waals surface area contributed by atoms with E-state index in [1.807, 2.05) is 61.3 Å². The summed E-state index contributed by atoms with van der Waals surface area (Å²) < 4.78 is 5.27. The first-order valence-corrected chi connectivity index (χ1v) is 10.2. The molecule has 0 aliphatic heterocycles. The van der Waals surface area contributed by atoms with E-state index >= 15 is 0 Å². The van der Waals surface area contributed by atoms with E-state index in [0.717, 1.165) is 33.3 Å². The number of hydrogen-bond acceptors (Lipinski definition) is 4. The van der Waals surface area contributed by atoms with Gasteiger partial charge in [-0.1, -0.05) is 35.9 Å². The van der Waals surface area contributed by atoms with Crippen LogP contribution in [0.2, 0.25) is 0 Å². The van der Waals surface area contributed by atoms with Crippen molar-refractivity contribution in [3.05, 3.63) is 71.8 Å². The van der Waals surface area contributed by atoms with Crippen molar-refractivity contribution in [3.63, 3.8) is 0 Å². The van der Waals surface area contributed by atoms with Crippen molar-refractivity contribution in [2.45, 2.75) is 13.5 Å². The molecule has 0 unspecified atom stereocenters. The molecule has 0 heterocycles. The molecular formula is C25H29N3O3. The highest BCUT2D eigenvalue weighted by Crippen LogP contribution is 2.22. The number of nitrogens with zero attached hydrogens (tertiary/aromatic N) is 2. The highest BCUT2D eigenvalue weighted by Gasteiger charge is 2.15. The van der Waals surface area contributed by atoms with Gasteiger partial charge in [-0.25, -0.2) is 0 Å². The van der Waals surface area contributed by atoms with Gasteiger partial charge in [0.05, 0.1) is 20.2 Å². The van der Waals surface area contributed by atoms with Crippen LogP contribution in [0.5, 0.6) is 5.75 Å². The Morgan fingerprint density at radius 2 is 1.58 bits per heavy atom. The van der Waals surface area contributed by atoms with E-state index in [4.69, 9.17) is 4.74 Å². The average molecular weight is 420 g/mol. The van der Waals surface area contributed by atoms with Gasteiger partial charge in [-0.2, -0.15) is 0 Å². The average Bonchev–Trinajstić information content (AvgIpc) is 2.74. The van der Waals surface area contributed by atoms with Crippen LogP contribution in [0.15, 0.2) is 60.7 Å². The molecule has 0 fully saturated rings. The van der Waals surface area contributed by atoms with Crippen molar-refractivity contribution < 1.29 is 14.3 Å². The molecule has 0 aliphatic rings. The summed E-state index contributed by atoms with van der Waals surface area (Å²) in [5.74, 6) is 0.511. The lowest BCUT2D eigenvalue weighted by Crippen LogP contribution is -2.40. The third kappa shape index (κ3) is 6.30. The van der Waals surface area contributed by atoms with Gasteiger partial charge < -0.3 is 15.0 Å². The van der Waals surface area contributed by atoms with E-state index < -0.39 is 0 Å². The van der Waals surface area contributed by atoms with E-state index in [1.54, 1.807) is 14.2 Å². The zero-order valence-electron chi connectivity index (χ0n) is 18.5. The first-order valence-electron chi connectivity index (χ1n) is 10.2. The van der Waals surface area contributed by atoms with Crippen LogP contribution in [0.25, 0.3) is 10.8 Å². The van der Waals surface area contributed by atoms with Gasteiger partial charge in [0.25, 0.3) is 0 Å². The van der Waals surface area contributed by atoms with E-state index in [2.05, 4.69) is 23.5 Å². The predicted molar refractivity (Wildman–Crippen MR) is 124 cm³/mol. The van der Waals surface area contributed by atoms with E-state index in [9.17, 15) is 9.59 Å². The third-order valence-electron chi connectivity index (χ3n) is 5.11. The van der Waals surface area contributed by atoms with Gasteiger partial charge in [0.2, 0.25) is 11.8 Å². The molecular weight excluding hydrogens is 390 g/mol. The number of carbonyl (C=O) groups excluding carboxylic acids is 2. The summed E-state index contributed by atoms with van der Waals surface area (Å²) in [5.41, 5.74) is 2.97. The molecule has 0 aliphatic carbocycles. The second-order valence-corrected chi connectivity index (χ2v) is 7.88. The minimum Gasteiger partial charge on any atom is -0.497 e. The summed E-state index contributed by atoms with van der Waals surface area (Å²) >= 11 is 0. The van der Waals surface area contributed by atoms with Crippen LogP contribution in [0, 0.1) is 6.92 Å². The molecule has 0 spiro atoms. The van der Waals surface area contributed by atoms with Crippen molar-refractivity contribution in [2.75, 3.05) is 39.6 Å². The lowest BCUT2D eigenvalue weighted by molar-refractivity contribution is -0.134. The minimum absolute atomic E-state index is 0.0123. The number of amides is 2. The van der Waals surface area contributed by atoms with Gasteiger partial charge in [-0.3, -0.25) is 14.5 Å². The zero-order valence-corrected chi connectivity index (χ0v) is 18.5. The molecule has 2 amide bonds. The lowest BCUT2D eigenvalue weighted by Gasteiger charge is -2.22. The summed E-state index contributed by atoms with van der Waals surface area (Å²) in [6.07, 6.45) is 0. The number of hydrogen-bond donors (Lipinski definition) is 1. The first-order chi connectivity index (χ1) is 14.8. The maximum Gasteiger partial charge on any atom is 0.243 e. The Hall–Kier alpha value is -3.38. The maximum absolute atomic E-state index is 12.5. The van der Waals surface area contributed by atoms with Gasteiger partial charge in [-0.15, -0.1) is 0 Å². The number of ether oxygens (including phenoxy) is 1. The number of anilines is 1. The monoisotopic (exact) mass is 419 g/mol. The normalized spacial score (nSPS) is 10.9. The van der Waals surface area contributed by atoms with Crippen molar-refractivity contribution >= 4 is 28.3 Å². The van der Waals surface area contributed by atoms with E-state index in [1.165, 1.54) is 4.90 Å². The third-order valence-corrected chi connectivity index (χ3v) is 5.11.